The first-order chi connectivity index (χ1) is 28.3. The van der Waals surface area contributed by atoms with Crippen LogP contribution in [0.25, 0.3) is 110 Å². The zero-order chi connectivity index (χ0) is 37.5. The number of fused-ring (bicyclic) bond motifs is 9. The fourth-order valence-corrected chi connectivity index (χ4v) is 9.09. The zero-order valence-corrected chi connectivity index (χ0v) is 30.9. The number of hydrogen-bond donors (Lipinski definition) is 0. The van der Waals surface area contributed by atoms with Crippen molar-refractivity contribution in [3.63, 3.8) is 0 Å². The Morgan fingerprint density at radius 2 is 0.842 bits per heavy atom. The molecule has 3 nitrogen and oxygen atoms in total. The third-order valence-electron chi connectivity index (χ3n) is 11.7. The van der Waals surface area contributed by atoms with E-state index in [1.54, 1.807) is 0 Å². The van der Waals surface area contributed by atoms with Gasteiger partial charge in [0.15, 0.2) is 0 Å². The fourth-order valence-electron chi connectivity index (χ4n) is 9.09. The Hall–Kier alpha value is -7.62. The molecule has 3 heteroatoms. The lowest BCUT2D eigenvalue weighted by Crippen LogP contribution is -1.94. The molecule has 0 N–H and O–H groups in total. The molecule has 0 unspecified atom stereocenters. The maximum atomic E-state index is 6.75. The first-order valence-corrected chi connectivity index (χ1v) is 19.5. The lowest BCUT2D eigenvalue weighted by atomic mass is 9.94. The average molecular weight is 727 g/mol. The van der Waals surface area contributed by atoms with Gasteiger partial charge in [-0.3, -0.25) is 0 Å². The highest BCUT2D eigenvalue weighted by atomic mass is 16.3. The summed E-state index contributed by atoms with van der Waals surface area (Å²) in [7, 11) is 0. The van der Waals surface area contributed by atoms with Gasteiger partial charge < -0.3 is 13.6 Å². The fraction of sp³-hybridized carbons (Fsp3) is 0. The van der Waals surface area contributed by atoms with E-state index in [4.69, 9.17) is 4.42 Å². The van der Waals surface area contributed by atoms with E-state index in [1.807, 2.05) is 0 Å². The van der Waals surface area contributed by atoms with Crippen LogP contribution in [0, 0.1) is 0 Å². The molecule has 3 aromatic heterocycles. The minimum absolute atomic E-state index is 0.889. The number of furan rings is 1. The van der Waals surface area contributed by atoms with Gasteiger partial charge in [-0.15, -0.1) is 0 Å². The van der Waals surface area contributed by atoms with Crippen molar-refractivity contribution in [2.75, 3.05) is 0 Å². The van der Waals surface area contributed by atoms with E-state index in [-0.39, 0.29) is 0 Å². The second-order valence-electron chi connectivity index (χ2n) is 14.9. The van der Waals surface area contributed by atoms with Crippen LogP contribution in [0.3, 0.4) is 0 Å². The second-order valence-corrected chi connectivity index (χ2v) is 14.9. The van der Waals surface area contributed by atoms with Crippen LogP contribution in [0.4, 0.5) is 0 Å². The summed E-state index contributed by atoms with van der Waals surface area (Å²) in [4.78, 5) is 0. The van der Waals surface area contributed by atoms with Crippen LogP contribution in [0.15, 0.2) is 211 Å². The van der Waals surface area contributed by atoms with Crippen molar-refractivity contribution in [3.8, 4) is 44.8 Å². The summed E-state index contributed by atoms with van der Waals surface area (Å²) in [5.41, 5.74) is 15.7. The number of para-hydroxylation sites is 4. The first-order valence-electron chi connectivity index (χ1n) is 19.5. The Bertz CT molecular complexity index is 3510. The van der Waals surface area contributed by atoms with Crippen molar-refractivity contribution in [2.45, 2.75) is 0 Å². The van der Waals surface area contributed by atoms with E-state index in [9.17, 15) is 0 Å². The zero-order valence-electron chi connectivity index (χ0n) is 30.9. The van der Waals surface area contributed by atoms with Gasteiger partial charge in [-0.05, 0) is 101 Å². The SMILES string of the molecule is c1ccc(-c2cccc(-n3c4ccccc4c4ccc(-c5cc(-c6ccc7c(c6)c6ccccc6n7-c6ccccc6)cc6c5oc5ccccc56)cc43)c2)cc1. The number of nitrogens with zero attached hydrogens (tertiary/aromatic N) is 2. The van der Waals surface area contributed by atoms with Crippen molar-refractivity contribution in [1.29, 1.82) is 0 Å². The molecule has 0 radical (unpaired) electrons. The summed E-state index contributed by atoms with van der Waals surface area (Å²) in [5.74, 6) is 0. The maximum Gasteiger partial charge on any atom is 0.143 e. The Labute approximate surface area is 328 Å². The molecular weight excluding hydrogens is 693 g/mol. The maximum absolute atomic E-state index is 6.75. The number of rotatable bonds is 5. The minimum Gasteiger partial charge on any atom is -0.455 e. The van der Waals surface area contributed by atoms with Crippen LogP contribution in [0.2, 0.25) is 0 Å². The lowest BCUT2D eigenvalue weighted by Gasteiger charge is -2.12. The Morgan fingerprint density at radius 1 is 0.281 bits per heavy atom. The van der Waals surface area contributed by atoms with Crippen molar-refractivity contribution in [3.05, 3.63) is 206 Å². The van der Waals surface area contributed by atoms with E-state index >= 15 is 0 Å². The summed E-state index contributed by atoms with van der Waals surface area (Å²) >= 11 is 0. The van der Waals surface area contributed by atoms with Crippen molar-refractivity contribution >= 4 is 65.6 Å². The first kappa shape index (κ1) is 31.7. The highest BCUT2D eigenvalue weighted by Gasteiger charge is 2.20. The third-order valence-corrected chi connectivity index (χ3v) is 11.7. The van der Waals surface area contributed by atoms with E-state index in [0.29, 0.717) is 0 Å². The summed E-state index contributed by atoms with van der Waals surface area (Å²) in [6, 6.07) is 74.5. The number of hydrogen-bond acceptors (Lipinski definition) is 1. The largest absolute Gasteiger partial charge is 0.455 e. The molecule has 0 aliphatic carbocycles. The third kappa shape index (κ3) is 4.92. The van der Waals surface area contributed by atoms with Crippen LogP contribution in [0.5, 0.6) is 0 Å². The highest BCUT2D eigenvalue weighted by Crippen LogP contribution is 2.43. The number of benzene rings is 9. The van der Waals surface area contributed by atoms with Gasteiger partial charge in [-0.2, -0.15) is 0 Å². The smallest absolute Gasteiger partial charge is 0.143 e. The molecule has 0 bridgehead atoms. The predicted octanol–water partition coefficient (Wildman–Crippen LogP) is 14.8. The normalized spacial score (nSPS) is 11.9. The van der Waals surface area contributed by atoms with E-state index in [2.05, 4.69) is 215 Å². The molecule has 0 fully saturated rings. The van der Waals surface area contributed by atoms with Crippen molar-refractivity contribution in [2.24, 2.45) is 0 Å². The molecule has 0 aliphatic heterocycles. The van der Waals surface area contributed by atoms with Gasteiger partial charge in [0.05, 0.1) is 22.1 Å². The summed E-state index contributed by atoms with van der Waals surface area (Å²) < 4.78 is 11.5. The molecule has 266 valence electrons. The molecule has 0 atom stereocenters. The molecule has 3 heterocycles. The molecule has 9 aromatic carbocycles. The second kappa shape index (κ2) is 12.5. The van der Waals surface area contributed by atoms with Crippen LogP contribution in [-0.2, 0) is 0 Å². The van der Waals surface area contributed by atoms with E-state index in [1.165, 1.54) is 54.8 Å². The summed E-state index contributed by atoms with van der Waals surface area (Å²) in [5, 5.41) is 7.15. The van der Waals surface area contributed by atoms with Gasteiger partial charge >= 0.3 is 0 Å². The molecule has 0 saturated heterocycles. The molecule has 0 spiro atoms. The molecule has 12 aromatic rings. The van der Waals surface area contributed by atoms with Gasteiger partial charge in [0, 0.05) is 49.3 Å². The van der Waals surface area contributed by atoms with Crippen molar-refractivity contribution < 1.29 is 4.42 Å². The Kier molecular flexibility index (Phi) is 6.93. The molecule has 0 aliphatic rings. The summed E-state index contributed by atoms with van der Waals surface area (Å²) in [6.07, 6.45) is 0. The van der Waals surface area contributed by atoms with Crippen LogP contribution >= 0.6 is 0 Å². The standard InChI is InChI=1S/C54H34N2O/c1-3-14-35(15-4-1)36-16-13-19-41(30-36)56-49-23-10-7-20-42(49)44-28-26-38(34-52(44)56)46-32-39(33-48-45-22-9-12-25-53(45)57-54(46)48)37-27-29-51-47(31-37)43-21-8-11-24-50(43)55(51)40-17-5-2-6-18-40/h1-34H. The Morgan fingerprint density at radius 3 is 1.65 bits per heavy atom. The van der Waals surface area contributed by atoms with Gasteiger partial charge in [0.1, 0.15) is 11.2 Å². The Balaban J connectivity index is 1.09. The average Bonchev–Trinajstić information content (AvgIpc) is 3.94. The summed E-state index contributed by atoms with van der Waals surface area (Å²) in [6.45, 7) is 0. The molecular formula is C54H34N2O. The lowest BCUT2D eigenvalue weighted by molar-refractivity contribution is 0.670. The van der Waals surface area contributed by atoms with Crippen LogP contribution in [-0.4, -0.2) is 9.13 Å². The van der Waals surface area contributed by atoms with Gasteiger partial charge in [-0.25, -0.2) is 0 Å². The monoisotopic (exact) mass is 726 g/mol. The quantitative estimate of drug-likeness (QED) is 0.173. The van der Waals surface area contributed by atoms with Gasteiger partial charge in [0.25, 0.3) is 0 Å². The van der Waals surface area contributed by atoms with E-state index in [0.717, 1.165) is 55.5 Å². The molecule has 57 heavy (non-hydrogen) atoms. The minimum atomic E-state index is 0.889. The molecule has 0 saturated carbocycles. The molecule has 0 amide bonds. The van der Waals surface area contributed by atoms with Crippen LogP contribution in [0.1, 0.15) is 0 Å². The van der Waals surface area contributed by atoms with Crippen LogP contribution < -0.4 is 0 Å². The van der Waals surface area contributed by atoms with E-state index < -0.39 is 0 Å². The van der Waals surface area contributed by atoms with Crippen molar-refractivity contribution in [1.82, 2.24) is 9.13 Å². The topological polar surface area (TPSA) is 23.0 Å². The van der Waals surface area contributed by atoms with Gasteiger partial charge in [-0.1, -0.05) is 133 Å². The van der Waals surface area contributed by atoms with Gasteiger partial charge in [0.2, 0.25) is 0 Å². The highest BCUT2D eigenvalue weighted by molar-refractivity contribution is 6.15. The molecule has 12 rings (SSSR count). The predicted molar refractivity (Wildman–Crippen MR) is 239 cm³/mol. The number of aromatic nitrogens is 2.